The van der Waals surface area contributed by atoms with E-state index < -0.39 is 5.91 Å². The second-order valence-electron chi connectivity index (χ2n) is 9.62. The van der Waals surface area contributed by atoms with Crippen LogP contribution in [0.15, 0.2) is 66.4 Å². The number of piperazine rings is 1. The Kier molecular flexibility index (Phi) is 8.37. The molecule has 6 rings (SSSR count). The van der Waals surface area contributed by atoms with Gasteiger partial charge in [-0.2, -0.15) is 0 Å². The van der Waals surface area contributed by atoms with Crippen molar-refractivity contribution in [3.63, 3.8) is 0 Å². The van der Waals surface area contributed by atoms with Crippen LogP contribution in [0.2, 0.25) is 10.0 Å². The first kappa shape index (κ1) is 28.8. The van der Waals surface area contributed by atoms with Crippen molar-refractivity contribution in [3.8, 4) is 11.5 Å². The number of nitrogens with one attached hydrogen (secondary N) is 2. The fourth-order valence-corrected chi connectivity index (χ4v) is 6.44. The third kappa shape index (κ3) is 5.83. The molecule has 2 N–H and O–H groups in total. The van der Waals surface area contributed by atoms with Crippen LogP contribution in [0.1, 0.15) is 10.4 Å². The third-order valence-corrected chi connectivity index (χ3v) is 8.88. The van der Waals surface area contributed by atoms with Crippen molar-refractivity contribution in [2.45, 2.75) is 0 Å². The van der Waals surface area contributed by atoms with Crippen molar-refractivity contribution >= 4 is 79.4 Å². The molecular formula is C30H27Cl2N7O3S. The van der Waals surface area contributed by atoms with Crippen molar-refractivity contribution in [2.24, 2.45) is 0 Å². The van der Waals surface area contributed by atoms with Gasteiger partial charge in [-0.15, -0.1) is 11.3 Å². The number of rotatable bonds is 8. The van der Waals surface area contributed by atoms with E-state index in [-0.39, 0.29) is 15.7 Å². The first-order chi connectivity index (χ1) is 21.0. The van der Waals surface area contributed by atoms with Crippen LogP contribution in [0.3, 0.4) is 0 Å². The summed E-state index contributed by atoms with van der Waals surface area (Å²) in [6.45, 7) is 3.64. The highest BCUT2D eigenvalue weighted by Crippen LogP contribution is 2.44. The van der Waals surface area contributed by atoms with Gasteiger partial charge in [0.15, 0.2) is 5.82 Å². The number of carbonyl (C=O) groups is 1. The van der Waals surface area contributed by atoms with Crippen LogP contribution in [-0.2, 0) is 0 Å². The van der Waals surface area contributed by atoms with E-state index in [1.165, 1.54) is 31.9 Å². The largest absolute Gasteiger partial charge is 0.495 e. The van der Waals surface area contributed by atoms with Gasteiger partial charge in [-0.3, -0.25) is 4.79 Å². The van der Waals surface area contributed by atoms with Crippen LogP contribution in [0.5, 0.6) is 11.5 Å². The molecule has 0 spiro atoms. The Morgan fingerprint density at radius 3 is 2.26 bits per heavy atom. The fourth-order valence-electron chi connectivity index (χ4n) is 4.90. The minimum atomic E-state index is -0.428. The normalized spacial score (nSPS) is 13.2. The van der Waals surface area contributed by atoms with Crippen LogP contribution >= 0.6 is 34.5 Å². The minimum absolute atomic E-state index is 0.164. The summed E-state index contributed by atoms with van der Waals surface area (Å²) in [5.74, 6) is 1.83. The molecule has 10 nitrogen and oxygen atoms in total. The molecule has 220 valence electrons. The van der Waals surface area contributed by atoms with Gasteiger partial charge in [0.1, 0.15) is 33.7 Å². The Hall–Kier alpha value is -4.32. The smallest absolute Gasteiger partial charge is 0.258 e. The number of methoxy groups -OCH3 is 2. The number of ether oxygens (including phenoxy) is 2. The number of anilines is 5. The molecule has 13 heteroatoms. The van der Waals surface area contributed by atoms with Gasteiger partial charge in [0.2, 0.25) is 0 Å². The predicted molar refractivity (Wildman–Crippen MR) is 173 cm³/mol. The van der Waals surface area contributed by atoms with Crippen LogP contribution in [0, 0.1) is 0 Å². The van der Waals surface area contributed by atoms with Gasteiger partial charge in [0.25, 0.3) is 5.91 Å². The monoisotopic (exact) mass is 635 g/mol. The molecular weight excluding hydrogens is 609 g/mol. The third-order valence-electron chi connectivity index (χ3n) is 7.16. The second kappa shape index (κ2) is 12.5. The molecule has 0 aliphatic carbocycles. The van der Waals surface area contributed by atoms with Gasteiger partial charge in [-0.1, -0.05) is 29.3 Å². The number of aromatic nitrogens is 3. The highest BCUT2D eigenvalue weighted by molar-refractivity contribution is 7.18. The molecule has 0 bridgehead atoms. The molecule has 1 aliphatic heterocycles. The molecule has 0 radical (unpaired) electrons. The first-order valence-corrected chi connectivity index (χ1v) is 15.0. The maximum atomic E-state index is 13.4. The van der Waals surface area contributed by atoms with Gasteiger partial charge in [-0.05, 0) is 36.4 Å². The fraction of sp³-hybridized carbons (Fsp3) is 0.200. The molecule has 1 saturated heterocycles. The number of amides is 1. The quantitative estimate of drug-likeness (QED) is 0.192. The second-order valence-corrected chi connectivity index (χ2v) is 11.3. The summed E-state index contributed by atoms with van der Waals surface area (Å²) in [7, 11) is 2.94. The van der Waals surface area contributed by atoms with Crippen LogP contribution in [0.25, 0.3) is 10.2 Å². The summed E-state index contributed by atoms with van der Waals surface area (Å²) in [4.78, 5) is 31.3. The van der Waals surface area contributed by atoms with Crippen molar-refractivity contribution in [1.29, 1.82) is 0 Å². The van der Waals surface area contributed by atoms with Gasteiger partial charge in [-0.25, -0.2) is 15.0 Å². The van der Waals surface area contributed by atoms with Crippen molar-refractivity contribution in [3.05, 3.63) is 82.0 Å². The van der Waals surface area contributed by atoms with E-state index in [1.54, 1.807) is 11.4 Å². The molecule has 0 unspecified atom stereocenters. The summed E-state index contributed by atoms with van der Waals surface area (Å²) in [5.41, 5.74) is 3.08. The summed E-state index contributed by atoms with van der Waals surface area (Å²) < 4.78 is 11.3. The summed E-state index contributed by atoms with van der Waals surface area (Å²) >= 11 is 14.3. The zero-order chi connectivity index (χ0) is 29.9. The number of hydrogen-bond donors (Lipinski definition) is 2. The van der Waals surface area contributed by atoms with Gasteiger partial charge in [0.05, 0.1) is 35.7 Å². The van der Waals surface area contributed by atoms with Crippen LogP contribution in [0.4, 0.5) is 28.7 Å². The summed E-state index contributed by atoms with van der Waals surface area (Å²) in [6, 6.07) is 15.8. The molecule has 0 saturated carbocycles. The lowest BCUT2D eigenvalue weighted by atomic mass is 10.2. The van der Waals surface area contributed by atoms with Crippen molar-refractivity contribution in [1.82, 2.24) is 15.0 Å². The average molecular weight is 637 g/mol. The van der Waals surface area contributed by atoms with E-state index in [0.717, 1.165) is 48.1 Å². The molecule has 1 amide bonds. The maximum absolute atomic E-state index is 13.4. The van der Waals surface area contributed by atoms with E-state index in [2.05, 4.69) is 47.5 Å². The topological polar surface area (TPSA) is 105 Å². The van der Waals surface area contributed by atoms with Gasteiger partial charge >= 0.3 is 0 Å². The highest BCUT2D eigenvalue weighted by Gasteiger charge is 2.23. The van der Waals surface area contributed by atoms with Crippen molar-refractivity contribution in [2.75, 3.05) is 60.8 Å². The van der Waals surface area contributed by atoms with E-state index in [9.17, 15) is 4.79 Å². The molecule has 4 heterocycles. The highest BCUT2D eigenvalue weighted by atomic mass is 35.5. The summed E-state index contributed by atoms with van der Waals surface area (Å²) in [5, 5.41) is 8.22. The lowest BCUT2D eigenvalue weighted by Crippen LogP contribution is -2.46. The molecule has 5 aromatic rings. The number of carbonyl (C=O) groups excluding carboxylic acids is 1. The molecule has 1 fully saturated rings. The van der Waals surface area contributed by atoms with Gasteiger partial charge in [0, 0.05) is 55.2 Å². The average Bonchev–Trinajstić information content (AvgIpc) is 3.49. The number of thiophene rings is 1. The molecule has 1 aliphatic rings. The number of benzene rings is 2. The number of pyridine rings is 1. The Bertz CT molecular complexity index is 1730. The zero-order valence-electron chi connectivity index (χ0n) is 23.3. The standard InChI is InChI=1S/C30H27Cl2N7O3S/c1-41-21-15-22(42-2)25(32)27(24(21)31)37-30(40)20-16-43-28-26(20)34-17-35-29(28)36-18-6-8-19(9-7-18)38-11-13-39(14-12-38)23-5-3-4-10-33-23/h3-10,15-17H,11-14H2,1-2H3,(H,37,40)(H,34,35,36). The van der Waals surface area contributed by atoms with Crippen LogP contribution < -0.4 is 29.9 Å². The molecule has 0 atom stereocenters. The SMILES string of the molecule is COc1cc(OC)c(Cl)c(NC(=O)c2csc3c(Nc4ccc(N5CCN(c6ccccn6)CC5)cc4)ncnc23)c1Cl. The van der Waals surface area contributed by atoms with E-state index in [1.807, 2.05) is 36.5 Å². The number of nitrogens with zero attached hydrogens (tertiary/aromatic N) is 5. The predicted octanol–water partition coefficient (Wildman–Crippen LogP) is 6.73. The van der Waals surface area contributed by atoms with E-state index >= 15 is 0 Å². The van der Waals surface area contributed by atoms with Crippen molar-refractivity contribution < 1.29 is 14.3 Å². The first-order valence-electron chi connectivity index (χ1n) is 13.4. The lowest BCUT2D eigenvalue weighted by molar-refractivity contribution is 0.102. The minimum Gasteiger partial charge on any atom is -0.495 e. The molecule has 2 aromatic carbocycles. The number of hydrogen-bond acceptors (Lipinski definition) is 10. The summed E-state index contributed by atoms with van der Waals surface area (Å²) in [6.07, 6.45) is 3.26. The lowest BCUT2D eigenvalue weighted by Gasteiger charge is -2.36. The molecule has 43 heavy (non-hydrogen) atoms. The number of halogens is 2. The Morgan fingerprint density at radius 2 is 1.60 bits per heavy atom. The van der Waals surface area contributed by atoms with Gasteiger partial charge < -0.3 is 29.9 Å². The maximum Gasteiger partial charge on any atom is 0.258 e. The van der Waals surface area contributed by atoms with E-state index in [0.29, 0.717) is 28.4 Å². The van der Waals surface area contributed by atoms with Crippen LogP contribution in [-0.4, -0.2) is 61.3 Å². The zero-order valence-corrected chi connectivity index (χ0v) is 25.6. The Morgan fingerprint density at radius 1 is 0.907 bits per heavy atom. The Balaban J connectivity index is 1.16. The van der Waals surface area contributed by atoms with E-state index in [4.69, 9.17) is 32.7 Å². The number of fused-ring (bicyclic) bond motifs is 1. The molecule has 3 aromatic heterocycles. The Labute approximate surface area is 262 Å².